The van der Waals surface area contributed by atoms with Crippen LogP contribution in [0.3, 0.4) is 0 Å². The molecule has 0 spiro atoms. The third-order valence-electron chi connectivity index (χ3n) is 3.50. The molecule has 19 heavy (non-hydrogen) atoms. The molecule has 0 unspecified atom stereocenters. The topological polar surface area (TPSA) is 29.9 Å². The summed E-state index contributed by atoms with van der Waals surface area (Å²) < 4.78 is 15.4. The number of benzene rings is 1. The molecule has 0 radical (unpaired) electrons. The number of nitrogens with one attached hydrogen (secondary N) is 1. The summed E-state index contributed by atoms with van der Waals surface area (Å²) in [6.45, 7) is 4.72. The molecule has 1 heterocycles. The molecule has 1 N–H and O–H groups in total. The number of hydrogen-bond donors (Lipinski definition) is 1. The van der Waals surface area contributed by atoms with Crippen LogP contribution in [0.4, 0.5) is 4.39 Å². The Labute approximate surface area is 113 Å². The Hall–Kier alpha value is -1.68. The van der Waals surface area contributed by atoms with Gasteiger partial charge in [0.05, 0.1) is 5.69 Å². The van der Waals surface area contributed by atoms with E-state index in [4.69, 9.17) is 0 Å². The highest BCUT2D eigenvalue weighted by Gasteiger charge is 2.13. The van der Waals surface area contributed by atoms with Crippen molar-refractivity contribution in [2.45, 2.75) is 20.3 Å². The van der Waals surface area contributed by atoms with Gasteiger partial charge in [-0.1, -0.05) is 0 Å². The van der Waals surface area contributed by atoms with Crippen molar-refractivity contribution < 1.29 is 4.39 Å². The second-order valence-corrected chi connectivity index (χ2v) is 4.84. The van der Waals surface area contributed by atoms with E-state index in [1.165, 1.54) is 6.07 Å². The predicted octanol–water partition coefficient (Wildman–Crippen LogP) is 2.60. The van der Waals surface area contributed by atoms with Gasteiger partial charge in [0.2, 0.25) is 0 Å². The third kappa shape index (κ3) is 2.68. The molecule has 1 aromatic heterocycles. The fourth-order valence-corrected chi connectivity index (χ4v) is 2.16. The summed E-state index contributed by atoms with van der Waals surface area (Å²) in [6, 6.07) is 5.15. The third-order valence-corrected chi connectivity index (χ3v) is 3.50. The molecule has 0 aliphatic heterocycles. The van der Waals surface area contributed by atoms with Gasteiger partial charge in [0.15, 0.2) is 0 Å². The number of imidazole rings is 1. The van der Waals surface area contributed by atoms with E-state index in [-0.39, 0.29) is 5.82 Å². The summed E-state index contributed by atoms with van der Waals surface area (Å²) in [6.07, 6.45) is 0.883. The molecular weight excluding hydrogens is 241 g/mol. The van der Waals surface area contributed by atoms with E-state index in [9.17, 15) is 4.39 Å². The molecule has 4 heteroatoms. The Balaban J connectivity index is 2.41. The quantitative estimate of drug-likeness (QED) is 0.917. The number of rotatable bonds is 4. The molecule has 3 nitrogen and oxygen atoms in total. The van der Waals surface area contributed by atoms with E-state index in [1.807, 2.05) is 27.1 Å². The van der Waals surface area contributed by atoms with Crippen molar-refractivity contribution in [3.05, 3.63) is 41.1 Å². The van der Waals surface area contributed by atoms with Crippen molar-refractivity contribution in [2.75, 3.05) is 13.6 Å². The van der Waals surface area contributed by atoms with Crippen LogP contribution in [0.15, 0.2) is 18.2 Å². The van der Waals surface area contributed by atoms with Crippen LogP contribution in [0, 0.1) is 19.7 Å². The summed E-state index contributed by atoms with van der Waals surface area (Å²) in [4.78, 5) is 4.69. The monoisotopic (exact) mass is 261 g/mol. The zero-order chi connectivity index (χ0) is 14.0. The van der Waals surface area contributed by atoms with Gasteiger partial charge in [-0.25, -0.2) is 9.37 Å². The van der Waals surface area contributed by atoms with Crippen LogP contribution in [0.1, 0.15) is 17.1 Å². The van der Waals surface area contributed by atoms with E-state index in [0.717, 1.165) is 35.7 Å². The summed E-state index contributed by atoms with van der Waals surface area (Å²) in [5, 5.41) is 3.13. The maximum atomic E-state index is 13.3. The van der Waals surface area contributed by atoms with Crippen LogP contribution in [0.2, 0.25) is 0 Å². The lowest BCUT2D eigenvalue weighted by molar-refractivity contribution is 0.619. The molecule has 0 aliphatic rings. The van der Waals surface area contributed by atoms with Gasteiger partial charge >= 0.3 is 0 Å². The summed E-state index contributed by atoms with van der Waals surface area (Å²) >= 11 is 0. The van der Waals surface area contributed by atoms with Gasteiger partial charge in [0, 0.05) is 31.3 Å². The summed E-state index contributed by atoms with van der Waals surface area (Å²) in [7, 11) is 3.95. The zero-order valence-corrected chi connectivity index (χ0v) is 11.9. The normalized spacial score (nSPS) is 11.0. The average molecular weight is 261 g/mol. The maximum Gasteiger partial charge on any atom is 0.126 e. The standard InChI is InChI=1S/C15H20FN3/c1-10-9-12(5-6-13(10)16)15-11(2)19(4)14(18-15)7-8-17-3/h5-6,9,17H,7-8H2,1-4H3. The van der Waals surface area contributed by atoms with Gasteiger partial charge < -0.3 is 9.88 Å². The van der Waals surface area contributed by atoms with Crippen molar-refractivity contribution in [1.29, 1.82) is 0 Å². The van der Waals surface area contributed by atoms with Gasteiger partial charge in [-0.2, -0.15) is 0 Å². The molecule has 2 rings (SSSR count). The number of nitrogens with zero attached hydrogens (tertiary/aromatic N) is 2. The molecule has 0 saturated heterocycles. The smallest absolute Gasteiger partial charge is 0.126 e. The highest BCUT2D eigenvalue weighted by atomic mass is 19.1. The Morgan fingerprint density at radius 2 is 2.05 bits per heavy atom. The van der Waals surface area contributed by atoms with Gasteiger partial charge in [0.1, 0.15) is 11.6 Å². The van der Waals surface area contributed by atoms with Crippen molar-refractivity contribution >= 4 is 0 Å². The first-order chi connectivity index (χ1) is 9.04. The first-order valence-electron chi connectivity index (χ1n) is 6.48. The van der Waals surface area contributed by atoms with Gasteiger partial charge in [-0.05, 0) is 44.7 Å². The molecule has 0 atom stereocenters. The Morgan fingerprint density at radius 1 is 1.32 bits per heavy atom. The van der Waals surface area contributed by atoms with Crippen LogP contribution >= 0.6 is 0 Å². The Morgan fingerprint density at radius 3 is 2.68 bits per heavy atom. The summed E-state index contributed by atoms with van der Waals surface area (Å²) in [5.74, 6) is 0.872. The van der Waals surface area contributed by atoms with E-state index >= 15 is 0 Å². The number of aromatic nitrogens is 2. The molecule has 0 fully saturated rings. The SMILES string of the molecule is CNCCc1nc(-c2ccc(F)c(C)c2)c(C)n1C. The highest BCUT2D eigenvalue weighted by molar-refractivity contribution is 5.63. The lowest BCUT2D eigenvalue weighted by Gasteiger charge is -2.03. The lowest BCUT2D eigenvalue weighted by atomic mass is 10.1. The van der Waals surface area contributed by atoms with Crippen LogP contribution < -0.4 is 5.32 Å². The second kappa shape index (κ2) is 5.53. The van der Waals surface area contributed by atoms with Crippen LogP contribution in [-0.4, -0.2) is 23.1 Å². The first kappa shape index (κ1) is 13.7. The van der Waals surface area contributed by atoms with E-state index in [0.29, 0.717) is 5.56 Å². The molecular formula is C15H20FN3. The molecule has 0 amide bonds. The first-order valence-corrected chi connectivity index (χ1v) is 6.48. The number of hydrogen-bond acceptors (Lipinski definition) is 2. The predicted molar refractivity (Wildman–Crippen MR) is 75.7 cm³/mol. The maximum absolute atomic E-state index is 13.3. The molecule has 0 saturated carbocycles. The minimum absolute atomic E-state index is 0.173. The van der Waals surface area contributed by atoms with Crippen molar-refractivity contribution in [3.63, 3.8) is 0 Å². The minimum Gasteiger partial charge on any atom is -0.335 e. The highest BCUT2D eigenvalue weighted by Crippen LogP contribution is 2.25. The van der Waals surface area contributed by atoms with E-state index < -0.39 is 0 Å². The number of aryl methyl sites for hydroxylation is 1. The van der Waals surface area contributed by atoms with Crippen LogP contribution in [-0.2, 0) is 13.5 Å². The Bertz CT molecular complexity index is 587. The van der Waals surface area contributed by atoms with Gasteiger partial charge in [-0.15, -0.1) is 0 Å². The van der Waals surface area contributed by atoms with Crippen molar-refractivity contribution in [1.82, 2.24) is 14.9 Å². The van der Waals surface area contributed by atoms with Gasteiger partial charge in [0.25, 0.3) is 0 Å². The fourth-order valence-electron chi connectivity index (χ4n) is 2.16. The molecule has 2 aromatic rings. The average Bonchev–Trinajstić information content (AvgIpc) is 2.67. The Kier molecular flexibility index (Phi) is 4.00. The molecule has 102 valence electrons. The van der Waals surface area contributed by atoms with Crippen molar-refractivity contribution in [2.24, 2.45) is 7.05 Å². The molecule has 0 aliphatic carbocycles. The lowest BCUT2D eigenvalue weighted by Crippen LogP contribution is -2.13. The molecule has 1 aromatic carbocycles. The van der Waals surface area contributed by atoms with Crippen LogP contribution in [0.5, 0.6) is 0 Å². The largest absolute Gasteiger partial charge is 0.335 e. The minimum atomic E-state index is -0.173. The van der Waals surface area contributed by atoms with Crippen LogP contribution in [0.25, 0.3) is 11.3 Å². The zero-order valence-electron chi connectivity index (χ0n) is 11.9. The van der Waals surface area contributed by atoms with Gasteiger partial charge in [-0.3, -0.25) is 0 Å². The summed E-state index contributed by atoms with van der Waals surface area (Å²) in [5.41, 5.74) is 3.68. The van der Waals surface area contributed by atoms with E-state index in [2.05, 4.69) is 14.9 Å². The van der Waals surface area contributed by atoms with E-state index in [1.54, 1.807) is 13.0 Å². The molecule has 0 bridgehead atoms. The number of halogens is 1. The second-order valence-electron chi connectivity index (χ2n) is 4.84. The van der Waals surface area contributed by atoms with Crippen molar-refractivity contribution in [3.8, 4) is 11.3 Å². The number of likely N-dealkylation sites (N-methyl/N-ethyl adjacent to an activating group) is 1. The fraction of sp³-hybridized carbons (Fsp3) is 0.400.